The third-order valence-corrected chi connectivity index (χ3v) is 2.85. The zero-order valence-corrected chi connectivity index (χ0v) is 10.8. The first-order chi connectivity index (χ1) is 9.26. The minimum Gasteiger partial charge on any atom is -0.390 e. The number of hydrogen-bond donors (Lipinski definition) is 1. The van der Waals surface area contributed by atoms with Crippen LogP contribution in [0.25, 0.3) is 0 Å². The Morgan fingerprint density at radius 2 is 2.00 bits per heavy atom. The summed E-state index contributed by atoms with van der Waals surface area (Å²) in [6.07, 6.45) is 1.54. The van der Waals surface area contributed by atoms with E-state index in [9.17, 15) is 4.79 Å². The van der Waals surface area contributed by atoms with Crippen molar-refractivity contribution in [1.82, 2.24) is 4.98 Å². The number of pyridine rings is 1. The first-order valence-electron chi connectivity index (χ1n) is 6.19. The van der Waals surface area contributed by atoms with E-state index in [0.717, 1.165) is 5.69 Å². The van der Waals surface area contributed by atoms with E-state index >= 15 is 0 Å². The third-order valence-electron chi connectivity index (χ3n) is 2.85. The van der Waals surface area contributed by atoms with Crippen LogP contribution < -0.4 is 4.90 Å². The van der Waals surface area contributed by atoms with Crippen molar-refractivity contribution >= 4 is 11.6 Å². The molecule has 2 rings (SSSR count). The van der Waals surface area contributed by atoms with E-state index in [1.165, 1.54) is 6.20 Å². The molecule has 98 valence electrons. The van der Waals surface area contributed by atoms with Gasteiger partial charge in [-0.05, 0) is 31.2 Å². The highest BCUT2D eigenvalue weighted by molar-refractivity contribution is 6.06. The van der Waals surface area contributed by atoms with Gasteiger partial charge >= 0.3 is 0 Å². The normalized spacial score (nSPS) is 10.2. The maximum absolute atomic E-state index is 12.5. The summed E-state index contributed by atoms with van der Waals surface area (Å²) in [5, 5.41) is 9.07. The van der Waals surface area contributed by atoms with Gasteiger partial charge in [0.2, 0.25) is 0 Å². The fraction of sp³-hybridized carbons (Fsp3) is 0.200. The van der Waals surface area contributed by atoms with Gasteiger partial charge in [0.05, 0.1) is 12.3 Å². The van der Waals surface area contributed by atoms with Crippen LogP contribution in [0.2, 0.25) is 0 Å². The third kappa shape index (κ3) is 2.98. The number of rotatable bonds is 4. The molecule has 4 heteroatoms. The van der Waals surface area contributed by atoms with Gasteiger partial charge in [0, 0.05) is 24.0 Å². The fourth-order valence-electron chi connectivity index (χ4n) is 1.90. The maximum atomic E-state index is 12.5. The summed E-state index contributed by atoms with van der Waals surface area (Å²) in [5.41, 5.74) is 1.89. The number of aliphatic hydroxyl groups excluding tert-OH is 1. The summed E-state index contributed by atoms with van der Waals surface area (Å²) in [5.74, 6) is -0.0919. The van der Waals surface area contributed by atoms with Crippen molar-refractivity contribution in [1.29, 1.82) is 0 Å². The lowest BCUT2D eigenvalue weighted by molar-refractivity contribution is 0.0988. The second-order valence-corrected chi connectivity index (χ2v) is 4.08. The standard InChI is InChI=1S/C15H16N2O2/c1-2-17(14-6-4-3-5-7-14)15(19)12-8-9-16-13(10-12)11-18/h3-10,18H,2,11H2,1H3. The predicted molar refractivity (Wildman–Crippen MR) is 74.0 cm³/mol. The van der Waals surface area contributed by atoms with Crippen molar-refractivity contribution in [2.75, 3.05) is 11.4 Å². The smallest absolute Gasteiger partial charge is 0.258 e. The highest BCUT2D eigenvalue weighted by Crippen LogP contribution is 2.16. The van der Waals surface area contributed by atoms with E-state index in [1.54, 1.807) is 17.0 Å². The first kappa shape index (κ1) is 13.2. The van der Waals surface area contributed by atoms with Gasteiger partial charge in [-0.3, -0.25) is 9.78 Å². The fourth-order valence-corrected chi connectivity index (χ4v) is 1.90. The summed E-state index contributed by atoms with van der Waals surface area (Å²) in [4.78, 5) is 18.1. The number of carbonyl (C=O) groups is 1. The van der Waals surface area contributed by atoms with Crippen LogP contribution >= 0.6 is 0 Å². The number of aromatic nitrogens is 1. The molecule has 19 heavy (non-hydrogen) atoms. The van der Waals surface area contributed by atoms with Gasteiger partial charge in [0.1, 0.15) is 0 Å². The minimum atomic E-state index is -0.168. The number of nitrogens with zero attached hydrogens (tertiary/aromatic N) is 2. The molecule has 0 radical (unpaired) electrons. The highest BCUT2D eigenvalue weighted by Gasteiger charge is 2.16. The van der Waals surface area contributed by atoms with Crippen molar-refractivity contribution < 1.29 is 9.90 Å². The van der Waals surface area contributed by atoms with Crippen LogP contribution in [0.5, 0.6) is 0 Å². The van der Waals surface area contributed by atoms with E-state index in [2.05, 4.69) is 4.98 Å². The molecule has 1 amide bonds. The molecule has 0 unspecified atom stereocenters. The van der Waals surface area contributed by atoms with Gasteiger partial charge in [0.15, 0.2) is 0 Å². The predicted octanol–water partition coefficient (Wildman–Crippen LogP) is 2.24. The average molecular weight is 256 g/mol. The van der Waals surface area contributed by atoms with Gasteiger partial charge in [-0.15, -0.1) is 0 Å². The van der Waals surface area contributed by atoms with Crippen molar-refractivity contribution in [3.05, 3.63) is 59.9 Å². The number of amides is 1. The Morgan fingerprint density at radius 1 is 1.26 bits per heavy atom. The zero-order valence-electron chi connectivity index (χ0n) is 10.8. The summed E-state index contributed by atoms with van der Waals surface area (Å²) in [6.45, 7) is 2.34. The summed E-state index contributed by atoms with van der Waals surface area (Å²) < 4.78 is 0. The second-order valence-electron chi connectivity index (χ2n) is 4.08. The van der Waals surface area contributed by atoms with Crippen LogP contribution in [0, 0.1) is 0 Å². The van der Waals surface area contributed by atoms with Crippen LogP contribution in [-0.4, -0.2) is 22.5 Å². The average Bonchev–Trinajstić information content (AvgIpc) is 2.49. The SMILES string of the molecule is CCN(C(=O)c1ccnc(CO)c1)c1ccccc1. The molecule has 0 atom stereocenters. The topological polar surface area (TPSA) is 53.4 Å². The van der Waals surface area contributed by atoms with Gasteiger partial charge in [0.25, 0.3) is 5.91 Å². The van der Waals surface area contributed by atoms with E-state index in [0.29, 0.717) is 17.8 Å². The molecule has 0 bridgehead atoms. The van der Waals surface area contributed by atoms with E-state index in [-0.39, 0.29) is 12.5 Å². The number of hydrogen-bond acceptors (Lipinski definition) is 3. The number of carbonyl (C=O) groups excluding carboxylic acids is 1. The highest BCUT2D eigenvalue weighted by atomic mass is 16.3. The van der Waals surface area contributed by atoms with Gasteiger partial charge < -0.3 is 10.0 Å². The Morgan fingerprint density at radius 3 is 2.63 bits per heavy atom. The van der Waals surface area contributed by atoms with E-state index < -0.39 is 0 Å². The lowest BCUT2D eigenvalue weighted by atomic mass is 10.2. The molecular formula is C15H16N2O2. The van der Waals surface area contributed by atoms with Crippen LogP contribution in [-0.2, 0) is 6.61 Å². The van der Waals surface area contributed by atoms with Crippen molar-refractivity contribution in [2.45, 2.75) is 13.5 Å². The molecule has 0 saturated heterocycles. The van der Waals surface area contributed by atoms with Crippen LogP contribution in [0.4, 0.5) is 5.69 Å². The Hall–Kier alpha value is -2.20. The molecule has 0 fully saturated rings. The molecule has 2 aromatic rings. The maximum Gasteiger partial charge on any atom is 0.258 e. The first-order valence-corrected chi connectivity index (χ1v) is 6.19. The molecule has 0 aliphatic heterocycles. The summed E-state index contributed by atoms with van der Waals surface area (Å²) in [6, 6.07) is 12.8. The lowest BCUT2D eigenvalue weighted by Gasteiger charge is -2.21. The van der Waals surface area contributed by atoms with Gasteiger partial charge in [-0.25, -0.2) is 0 Å². The lowest BCUT2D eigenvalue weighted by Crippen LogP contribution is -2.30. The zero-order chi connectivity index (χ0) is 13.7. The molecule has 1 heterocycles. The van der Waals surface area contributed by atoms with Crippen molar-refractivity contribution in [3.8, 4) is 0 Å². The molecule has 1 N–H and O–H groups in total. The molecular weight excluding hydrogens is 240 g/mol. The molecule has 0 aliphatic carbocycles. The number of para-hydroxylation sites is 1. The molecule has 0 saturated carbocycles. The Bertz CT molecular complexity index is 555. The van der Waals surface area contributed by atoms with Gasteiger partial charge in [-0.1, -0.05) is 18.2 Å². The van der Waals surface area contributed by atoms with Crippen molar-refractivity contribution in [3.63, 3.8) is 0 Å². The van der Waals surface area contributed by atoms with E-state index in [1.807, 2.05) is 37.3 Å². The number of benzene rings is 1. The van der Waals surface area contributed by atoms with Crippen LogP contribution in [0.1, 0.15) is 23.0 Å². The summed E-state index contributed by atoms with van der Waals surface area (Å²) in [7, 11) is 0. The van der Waals surface area contributed by atoms with E-state index in [4.69, 9.17) is 5.11 Å². The van der Waals surface area contributed by atoms with Crippen LogP contribution in [0.3, 0.4) is 0 Å². The molecule has 4 nitrogen and oxygen atoms in total. The number of anilines is 1. The van der Waals surface area contributed by atoms with Crippen molar-refractivity contribution in [2.24, 2.45) is 0 Å². The molecule has 1 aromatic heterocycles. The Balaban J connectivity index is 2.30. The Labute approximate surface area is 112 Å². The molecule has 0 aliphatic rings. The largest absolute Gasteiger partial charge is 0.390 e. The number of aliphatic hydroxyl groups is 1. The molecule has 0 spiro atoms. The minimum absolute atomic E-state index is 0.0919. The summed E-state index contributed by atoms with van der Waals surface area (Å²) >= 11 is 0. The quantitative estimate of drug-likeness (QED) is 0.912. The molecule has 1 aromatic carbocycles. The Kier molecular flexibility index (Phi) is 4.26. The van der Waals surface area contributed by atoms with Crippen LogP contribution in [0.15, 0.2) is 48.7 Å². The monoisotopic (exact) mass is 256 g/mol. The van der Waals surface area contributed by atoms with Gasteiger partial charge in [-0.2, -0.15) is 0 Å². The second kappa shape index (κ2) is 6.11.